The molecule has 0 bridgehead atoms. The number of nitrogens with one attached hydrogen (secondary N) is 1. The molecule has 1 atom stereocenters. The van der Waals surface area contributed by atoms with E-state index in [4.69, 9.17) is 9.72 Å². The van der Waals surface area contributed by atoms with Crippen molar-refractivity contribution in [3.8, 4) is 17.6 Å². The van der Waals surface area contributed by atoms with Crippen LogP contribution in [-0.4, -0.2) is 50.5 Å². The molecule has 3 heterocycles. The highest BCUT2D eigenvalue weighted by molar-refractivity contribution is 6.23. The van der Waals surface area contributed by atoms with Crippen LogP contribution in [0, 0.1) is 24.2 Å². The van der Waals surface area contributed by atoms with Crippen LogP contribution in [0.3, 0.4) is 0 Å². The Labute approximate surface area is 224 Å². The lowest BCUT2D eigenvalue weighted by Gasteiger charge is -2.27. The molecule has 1 aliphatic heterocycles. The summed E-state index contributed by atoms with van der Waals surface area (Å²) < 4.78 is 6.85. The summed E-state index contributed by atoms with van der Waals surface area (Å²) >= 11 is 0. The molecule has 0 saturated heterocycles. The molecule has 196 valence electrons. The number of para-hydroxylation sites is 1. The monoisotopic (exact) mass is 522 g/mol. The molecule has 1 aliphatic rings. The van der Waals surface area contributed by atoms with E-state index in [1.807, 2.05) is 39.0 Å². The molecule has 4 aromatic rings. The van der Waals surface area contributed by atoms with Crippen LogP contribution < -0.4 is 10.1 Å². The number of aryl methyl sites for hydroxylation is 1. The van der Waals surface area contributed by atoms with Gasteiger partial charge in [-0.2, -0.15) is 15.0 Å². The fourth-order valence-electron chi connectivity index (χ4n) is 4.84. The molecule has 3 amide bonds. The number of carbonyl (C=O) groups excluding carboxylic acids is 3. The molecular weight excluding hydrogens is 496 g/mol. The summed E-state index contributed by atoms with van der Waals surface area (Å²) in [5.74, 6) is -0.641. The van der Waals surface area contributed by atoms with Gasteiger partial charge >= 0.3 is 0 Å². The first-order valence-electron chi connectivity index (χ1n) is 12.5. The van der Waals surface area contributed by atoms with Gasteiger partial charge in [-0.3, -0.25) is 19.3 Å². The van der Waals surface area contributed by atoms with Gasteiger partial charge in [0, 0.05) is 5.39 Å². The maximum Gasteiger partial charge on any atom is 0.262 e. The van der Waals surface area contributed by atoms with Crippen molar-refractivity contribution >= 4 is 34.4 Å². The molecule has 39 heavy (non-hydrogen) atoms. The van der Waals surface area contributed by atoms with Crippen LogP contribution >= 0.6 is 0 Å². The van der Waals surface area contributed by atoms with E-state index in [0.717, 1.165) is 15.8 Å². The fourth-order valence-corrected chi connectivity index (χ4v) is 4.84. The first-order valence-corrected chi connectivity index (χ1v) is 12.5. The lowest BCUT2D eigenvalue weighted by molar-refractivity contribution is -0.120. The number of hydrogen-bond donors (Lipinski definition) is 1. The number of ether oxygens (including phenoxy) is 1. The normalized spacial score (nSPS) is 13.5. The second kappa shape index (κ2) is 10.0. The van der Waals surface area contributed by atoms with Gasteiger partial charge in [0.1, 0.15) is 28.9 Å². The highest BCUT2D eigenvalue weighted by Gasteiger charge is 2.43. The van der Waals surface area contributed by atoms with E-state index < -0.39 is 23.8 Å². The number of nitriles is 1. The van der Waals surface area contributed by atoms with Crippen molar-refractivity contribution in [3.63, 3.8) is 0 Å². The number of pyridine rings is 1. The van der Waals surface area contributed by atoms with Crippen molar-refractivity contribution in [1.82, 2.24) is 19.7 Å². The maximum atomic E-state index is 13.8. The smallest absolute Gasteiger partial charge is 0.262 e. The first-order chi connectivity index (χ1) is 18.7. The van der Waals surface area contributed by atoms with Crippen LogP contribution in [0.15, 0.2) is 54.7 Å². The summed E-state index contributed by atoms with van der Waals surface area (Å²) in [6.45, 7) is 5.72. The van der Waals surface area contributed by atoms with Gasteiger partial charge in [0.15, 0.2) is 11.6 Å². The molecule has 2 aromatic carbocycles. The van der Waals surface area contributed by atoms with E-state index in [1.165, 1.54) is 10.9 Å². The predicted molar refractivity (Wildman–Crippen MR) is 144 cm³/mol. The Balaban J connectivity index is 1.55. The van der Waals surface area contributed by atoms with Gasteiger partial charge in [0.25, 0.3) is 11.8 Å². The number of carbonyl (C=O) groups is 3. The Morgan fingerprint density at radius 3 is 2.41 bits per heavy atom. The Kier molecular flexibility index (Phi) is 6.58. The second-order valence-electron chi connectivity index (χ2n) is 9.74. The fraction of sp³-hybridized carbons (Fsp3) is 0.241. The van der Waals surface area contributed by atoms with Crippen LogP contribution in [0.2, 0.25) is 0 Å². The lowest BCUT2D eigenvalue weighted by atomic mass is 10.0. The number of aromatic nitrogens is 3. The number of hydrogen-bond acceptors (Lipinski definition) is 7. The quantitative estimate of drug-likeness (QED) is 0.359. The summed E-state index contributed by atoms with van der Waals surface area (Å²) in [7, 11) is 1.56. The Bertz CT molecular complexity index is 1650. The van der Waals surface area contributed by atoms with Crippen LogP contribution in [-0.2, 0) is 4.79 Å². The Morgan fingerprint density at radius 2 is 1.79 bits per heavy atom. The van der Waals surface area contributed by atoms with Crippen molar-refractivity contribution in [2.45, 2.75) is 33.2 Å². The highest BCUT2D eigenvalue weighted by Crippen LogP contribution is 2.31. The predicted octanol–water partition coefficient (Wildman–Crippen LogP) is 4.26. The highest BCUT2D eigenvalue weighted by atomic mass is 16.5. The zero-order chi connectivity index (χ0) is 27.8. The molecule has 0 radical (unpaired) electrons. The van der Waals surface area contributed by atoms with Crippen LogP contribution in [0.25, 0.3) is 16.7 Å². The van der Waals surface area contributed by atoms with E-state index in [1.54, 1.807) is 43.5 Å². The molecule has 2 aromatic heterocycles. The molecule has 0 aliphatic carbocycles. The van der Waals surface area contributed by atoms with Crippen LogP contribution in [0.4, 0.5) is 5.82 Å². The zero-order valence-corrected chi connectivity index (χ0v) is 21.9. The van der Waals surface area contributed by atoms with Crippen molar-refractivity contribution in [2.24, 2.45) is 5.92 Å². The van der Waals surface area contributed by atoms with Crippen LogP contribution in [0.5, 0.6) is 5.75 Å². The van der Waals surface area contributed by atoms with Gasteiger partial charge in [0.2, 0.25) is 5.91 Å². The van der Waals surface area contributed by atoms with E-state index in [2.05, 4.69) is 10.4 Å². The minimum Gasteiger partial charge on any atom is -0.494 e. The van der Waals surface area contributed by atoms with Crippen molar-refractivity contribution in [3.05, 3.63) is 77.0 Å². The van der Waals surface area contributed by atoms with Crippen LogP contribution in [0.1, 0.15) is 52.1 Å². The molecule has 0 fully saturated rings. The van der Waals surface area contributed by atoms with Crippen molar-refractivity contribution < 1.29 is 19.1 Å². The topological polar surface area (TPSA) is 130 Å². The van der Waals surface area contributed by atoms with E-state index in [9.17, 15) is 19.6 Å². The third-order valence-corrected chi connectivity index (χ3v) is 6.70. The zero-order valence-electron chi connectivity index (χ0n) is 21.9. The summed E-state index contributed by atoms with van der Waals surface area (Å²) in [5.41, 5.74) is 2.12. The molecule has 10 nitrogen and oxygen atoms in total. The van der Waals surface area contributed by atoms with Gasteiger partial charge in [-0.25, -0.2) is 4.98 Å². The van der Waals surface area contributed by atoms with Gasteiger partial charge < -0.3 is 10.1 Å². The molecule has 1 unspecified atom stereocenters. The second-order valence-corrected chi connectivity index (χ2v) is 9.74. The molecular formula is C29H26N6O4. The molecule has 5 rings (SSSR count). The SMILES string of the molecule is COc1cccc2c(C)cc(-n3ncc(C#N)c3NC(=O)C(CC(C)C)N3C(=O)c4ccccc4C3=O)nc12. The number of amides is 3. The molecule has 0 spiro atoms. The average Bonchev–Trinajstić information content (AvgIpc) is 3.44. The molecule has 1 N–H and O–H groups in total. The van der Waals surface area contributed by atoms with E-state index in [-0.39, 0.29) is 34.8 Å². The van der Waals surface area contributed by atoms with E-state index in [0.29, 0.717) is 17.1 Å². The number of anilines is 1. The van der Waals surface area contributed by atoms with Gasteiger partial charge in [-0.1, -0.05) is 38.1 Å². The number of benzene rings is 2. The molecule has 10 heteroatoms. The van der Waals surface area contributed by atoms with E-state index >= 15 is 0 Å². The first kappa shape index (κ1) is 25.6. The lowest BCUT2D eigenvalue weighted by Crippen LogP contribution is -2.48. The minimum absolute atomic E-state index is 0.0114. The van der Waals surface area contributed by atoms with Gasteiger partial charge in [-0.15, -0.1) is 0 Å². The maximum absolute atomic E-state index is 13.8. The number of methoxy groups -OCH3 is 1. The third kappa shape index (κ3) is 4.38. The van der Waals surface area contributed by atoms with Gasteiger partial charge in [0.05, 0.1) is 24.4 Å². The minimum atomic E-state index is -1.10. The summed E-state index contributed by atoms with van der Waals surface area (Å²) in [6, 6.07) is 14.8. The summed E-state index contributed by atoms with van der Waals surface area (Å²) in [6.07, 6.45) is 1.57. The average molecular weight is 523 g/mol. The molecule has 0 saturated carbocycles. The largest absolute Gasteiger partial charge is 0.494 e. The Hall–Kier alpha value is -5.04. The number of fused-ring (bicyclic) bond motifs is 2. The summed E-state index contributed by atoms with van der Waals surface area (Å²) in [4.78, 5) is 45.9. The number of imide groups is 1. The van der Waals surface area contributed by atoms with Gasteiger partial charge in [-0.05, 0) is 49.1 Å². The standard InChI is InChI=1S/C29H26N6O4/c1-16(2)12-22(34-28(37)20-8-5-6-9-21(20)29(34)38)27(36)33-26-18(14-30)15-31-35(26)24-13-17(3)19-10-7-11-23(39-4)25(19)32-24/h5-11,13,15-16,22H,12H2,1-4H3,(H,33,36). The van der Waals surface area contributed by atoms with Crippen molar-refractivity contribution in [2.75, 3.05) is 12.4 Å². The number of rotatable bonds is 7. The Morgan fingerprint density at radius 1 is 1.10 bits per heavy atom. The number of nitrogens with zero attached hydrogens (tertiary/aromatic N) is 5. The van der Waals surface area contributed by atoms with Crippen molar-refractivity contribution in [1.29, 1.82) is 5.26 Å². The summed E-state index contributed by atoms with van der Waals surface area (Å²) in [5, 5.41) is 17.8. The third-order valence-electron chi connectivity index (χ3n) is 6.70.